The van der Waals surface area contributed by atoms with Crippen molar-refractivity contribution in [2.45, 2.75) is 32.7 Å². The van der Waals surface area contributed by atoms with Gasteiger partial charge in [0.25, 0.3) is 0 Å². The monoisotopic (exact) mass is 293 g/mol. The van der Waals surface area contributed by atoms with Crippen LogP contribution in [0, 0.1) is 17.5 Å². The first-order valence-electron chi connectivity index (χ1n) is 6.75. The minimum Gasteiger partial charge on any atom is -0.381 e. The highest BCUT2D eigenvalue weighted by atomic mass is 19.2. The van der Waals surface area contributed by atoms with Gasteiger partial charge >= 0.3 is 0 Å². The molecule has 2 rings (SSSR count). The molecule has 1 N–H and O–H groups in total. The third kappa shape index (κ3) is 3.78. The van der Waals surface area contributed by atoms with Crippen molar-refractivity contribution in [3.05, 3.63) is 65.0 Å². The van der Waals surface area contributed by atoms with E-state index in [9.17, 15) is 13.2 Å². The molecule has 0 saturated carbocycles. The predicted molar refractivity (Wildman–Crippen MR) is 78.8 cm³/mol. The number of anilines is 1. The van der Waals surface area contributed by atoms with E-state index in [1.807, 2.05) is 24.3 Å². The number of halogens is 3. The second-order valence-electron chi connectivity index (χ2n) is 6.04. The molecule has 0 heterocycles. The Kier molecular flexibility index (Phi) is 4.26. The fourth-order valence-electron chi connectivity index (χ4n) is 1.98. The summed E-state index contributed by atoms with van der Waals surface area (Å²) in [5.74, 6) is -2.98. The van der Waals surface area contributed by atoms with Crippen LogP contribution >= 0.6 is 0 Å². The van der Waals surface area contributed by atoms with Crippen molar-refractivity contribution in [1.29, 1.82) is 0 Å². The van der Waals surface area contributed by atoms with Crippen molar-refractivity contribution >= 4 is 5.69 Å². The Labute approximate surface area is 122 Å². The van der Waals surface area contributed by atoms with Crippen LogP contribution in [0.4, 0.5) is 18.9 Å². The van der Waals surface area contributed by atoms with Crippen molar-refractivity contribution in [2.24, 2.45) is 0 Å². The maximum absolute atomic E-state index is 13.5. The lowest BCUT2D eigenvalue weighted by Gasteiger charge is -2.19. The first kappa shape index (κ1) is 15.4. The number of hydrogen-bond acceptors (Lipinski definition) is 1. The number of hydrogen-bond donors (Lipinski definition) is 1. The lowest BCUT2D eigenvalue weighted by atomic mass is 9.87. The van der Waals surface area contributed by atoms with Crippen molar-refractivity contribution in [3.8, 4) is 0 Å². The van der Waals surface area contributed by atoms with Crippen molar-refractivity contribution in [2.75, 3.05) is 5.32 Å². The molecule has 4 heteroatoms. The molecule has 0 bridgehead atoms. The van der Waals surface area contributed by atoms with E-state index in [4.69, 9.17) is 0 Å². The topological polar surface area (TPSA) is 12.0 Å². The van der Waals surface area contributed by atoms with Crippen LogP contribution in [0.5, 0.6) is 0 Å². The normalized spacial score (nSPS) is 11.5. The van der Waals surface area contributed by atoms with Gasteiger partial charge in [-0.1, -0.05) is 32.9 Å². The lowest BCUT2D eigenvalue weighted by molar-refractivity contribution is 0.490. The summed E-state index contributed by atoms with van der Waals surface area (Å²) in [4.78, 5) is 0. The first-order chi connectivity index (χ1) is 9.77. The van der Waals surface area contributed by atoms with Crippen LogP contribution in [0.25, 0.3) is 0 Å². The molecule has 112 valence electrons. The molecule has 0 spiro atoms. The molecule has 0 amide bonds. The molecular weight excluding hydrogens is 275 g/mol. The van der Waals surface area contributed by atoms with Gasteiger partial charge in [0, 0.05) is 23.9 Å². The van der Waals surface area contributed by atoms with Crippen molar-refractivity contribution in [1.82, 2.24) is 0 Å². The van der Waals surface area contributed by atoms with Crippen LogP contribution in [0.15, 0.2) is 36.4 Å². The summed E-state index contributed by atoms with van der Waals surface area (Å²) in [5.41, 5.74) is 2.14. The highest BCUT2D eigenvalue weighted by Gasteiger charge is 2.13. The second-order valence-corrected chi connectivity index (χ2v) is 6.04. The van der Waals surface area contributed by atoms with Gasteiger partial charge in [0.15, 0.2) is 11.6 Å². The highest BCUT2D eigenvalue weighted by molar-refractivity contribution is 5.46. The van der Waals surface area contributed by atoms with Crippen LogP contribution in [0.1, 0.15) is 31.9 Å². The zero-order valence-corrected chi connectivity index (χ0v) is 12.3. The van der Waals surface area contributed by atoms with Crippen LogP contribution in [0.3, 0.4) is 0 Å². The number of benzene rings is 2. The Bertz CT molecular complexity index is 628. The zero-order chi connectivity index (χ0) is 15.6. The van der Waals surface area contributed by atoms with Gasteiger partial charge in [-0.05, 0) is 29.2 Å². The molecule has 0 fully saturated rings. The number of rotatable bonds is 3. The largest absolute Gasteiger partial charge is 0.381 e. The summed E-state index contributed by atoms with van der Waals surface area (Å²) in [6.07, 6.45) is 0. The molecule has 0 unspecified atom stereocenters. The molecule has 0 aliphatic rings. The molecule has 2 aromatic rings. The van der Waals surface area contributed by atoms with E-state index >= 15 is 0 Å². The standard InChI is InChI=1S/C17H18F3N/c1-17(2,3)12-4-6-13(7-5-12)21-10-11-8-15(19)16(20)9-14(11)18/h4-9,21H,10H2,1-3H3. The fourth-order valence-corrected chi connectivity index (χ4v) is 1.98. The van der Waals surface area contributed by atoms with Crippen LogP contribution in [-0.2, 0) is 12.0 Å². The second kappa shape index (κ2) is 5.80. The zero-order valence-electron chi connectivity index (χ0n) is 12.3. The number of nitrogens with one attached hydrogen (secondary N) is 1. The first-order valence-corrected chi connectivity index (χ1v) is 6.75. The summed E-state index contributed by atoms with van der Waals surface area (Å²) < 4.78 is 39.5. The molecule has 0 atom stereocenters. The summed E-state index contributed by atoms with van der Waals surface area (Å²) in [6.45, 7) is 6.45. The van der Waals surface area contributed by atoms with Gasteiger partial charge in [-0.15, -0.1) is 0 Å². The minimum atomic E-state index is -1.18. The van der Waals surface area contributed by atoms with Gasteiger partial charge in [0.1, 0.15) is 5.82 Å². The van der Waals surface area contributed by atoms with E-state index in [-0.39, 0.29) is 17.5 Å². The molecule has 0 aliphatic carbocycles. The third-order valence-corrected chi connectivity index (χ3v) is 3.32. The fraction of sp³-hybridized carbons (Fsp3) is 0.294. The van der Waals surface area contributed by atoms with Crippen molar-refractivity contribution < 1.29 is 13.2 Å². The van der Waals surface area contributed by atoms with Gasteiger partial charge in [0.2, 0.25) is 0 Å². The maximum Gasteiger partial charge on any atom is 0.161 e. The van der Waals surface area contributed by atoms with Gasteiger partial charge in [-0.25, -0.2) is 13.2 Å². The Balaban J connectivity index is 2.08. The average molecular weight is 293 g/mol. The molecule has 21 heavy (non-hydrogen) atoms. The molecular formula is C17H18F3N. The SMILES string of the molecule is CC(C)(C)c1ccc(NCc2cc(F)c(F)cc2F)cc1. The highest BCUT2D eigenvalue weighted by Crippen LogP contribution is 2.24. The van der Waals surface area contributed by atoms with Crippen molar-refractivity contribution in [3.63, 3.8) is 0 Å². The van der Waals surface area contributed by atoms with Gasteiger partial charge in [-0.2, -0.15) is 0 Å². The molecule has 0 saturated heterocycles. The Morgan fingerprint density at radius 3 is 2.00 bits per heavy atom. The van der Waals surface area contributed by atoms with E-state index in [0.29, 0.717) is 6.07 Å². The van der Waals surface area contributed by atoms with E-state index in [1.165, 1.54) is 5.56 Å². The third-order valence-electron chi connectivity index (χ3n) is 3.32. The molecule has 0 aliphatic heterocycles. The van der Waals surface area contributed by atoms with Crippen LogP contribution in [-0.4, -0.2) is 0 Å². The molecule has 2 aromatic carbocycles. The minimum absolute atomic E-state index is 0.0602. The maximum atomic E-state index is 13.5. The Hall–Kier alpha value is -1.97. The summed E-state index contributed by atoms with van der Waals surface area (Å²) >= 11 is 0. The van der Waals surface area contributed by atoms with Crippen LogP contribution in [0.2, 0.25) is 0 Å². The Morgan fingerprint density at radius 2 is 1.43 bits per heavy atom. The summed E-state index contributed by atoms with van der Waals surface area (Å²) in [7, 11) is 0. The average Bonchev–Trinajstić information content (AvgIpc) is 2.41. The van der Waals surface area contributed by atoms with E-state index in [0.717, 1.165) is 11.8 Å². The van der Waals surface area contributed by atoms with E-state index < -0.39 is 17.5 Å². The van der Waals surface area contributed by atoms with Gasteiger partial charge in [0.05, 0.1) is 0 Å². The smallest absolute Gasteiger partial charge is 0.161 e. The van der Waals surface area contributed by atoms with Crippen LogP contribution < -0.4 is 5.32 Å². The van der Waals surface area contributed by atoms with E-state index in [2.05, 4.69) is 26.1 Å². The molecule has 0 radical (unpaired) electrons. The predicted octanol–water partition coefficient (Wildman–Crippen LogP) is 5.01. The van der Waals surface area contributed by atoms with Gasteiger partial charge < -0.3 is 5.32 Å². The quantitative estimate of drug-likeness (QED) is 0.784. The molecule has 1 nitrogen and oxygen atoms in total. The Morgan fingerprint density at radius 1 is 0.857 bits per heavy atom. The summed E-state index contributed by atoms with van der Waals surface area (Å²) in [5, 5.41) is 3.00. The van der Waals surface area contributed by atoms with Gasteiger partial charge in [-0.3, -0.25) is 0 Å². The van der Waals surface area contributed by atoms with E-state index in [1.54, 1.807) is 0 Å². The summed E-state index contributed by atoms with van der Waals surface area (Å²) in [6, 6.07) is 9.20. The lowest BCUT2D eigenvalue weighted by Crippen LogP contribution is -2.11. The molecule has 0 aromatic heterocycles.